The van der Waals surface area contributed by atoms with Crippen LogP contribution in [0.2, 0.25) is 0 Å². The molecule has 2 N–H and O–H groups in total. The molecule has 1 fully saturated rings. The summed E-state index contributed by atoms with van der Waals surface area (Å²) >= 11 is 6.24. The number of imide groups is 1. The van der Waals surface area contributed by atoms with Gasteiger partial charge in [0.1, 0.15) is 23.0 Å². The van der Waals surface area contributed by atoms with Crippen LogP contribution in [0, 0.1) is 0 Å². The summed E-state index contributed by atoms with van der Waals surface area (Å²) in [6.45, 7) is 4.14. The number of quaternary nitrogens is 1. The number of hydrogen-bond donors (Lipinski definition) is 2. The number of methoxy groups -OCH3 is 1. The second-order valence-electron chi connectivity index (χ2n) is 9.24. The van der Waals surface area contributed by atoms with Crippen molar-refractivity contribution in [1.82, 2.24) is 4.90 Å². The molecule has 3 aromatic carbocycles. The van der Waals surface area contributed by atoms with Crippen molar-refractivity contribution in [3.8, 4) is 5.75 Å². The molecule has 194 valence electrons. The van der Waals surface area contributed by atoms with Crippen LogP contribution >= 0.6 is 11.6 Å². The molecule has 0 bridgehead atoms. The zero-order valence-electron chi connectivity index (χ0n) is 20.9. The number of ether oxygens (including phenoxy) is 1. The number of nitrogens with one attached hydrogen (secondary N) is 2. The number of anilines is 2. The van der Waals surface area contributed by atoms with Gasteiger partial charge in [0.15, 0.2) is 0 Å². The Kier molecular flexibility index (Phi) is 7.44. The molecule has 0 saturated carbocycles. The lowest BCUT2D eigenvalue weighted by molar-refractivity contribution is -0.917. The number of carbonyl (C=O) groups excluding carboxylic acids is 3. The Balaban J connectivity index is 1.19. The normalized spacial score (nSPS) is 16.3. The van der Waals surface area contributed by atoms with Crippen LogP contribution in [0.4, 0.5) is 11.4 Å². The first kappa shape index (κ1) is 25.5. The largest absolute Gasteiger partial charge is 0.497 e. The number of halogens is 1. The van der Waals surface area contributed by atoms with E-state index in [1.165, 1.54) is 17.6 Å². The summed E-state index contributed by atoms with van der Waals surface area (Å²) in [5.41, 5.74) is 2.79. The predicted molar refractivity (Wildman–Crippen MR) is 145 cm³/mol. The topological polar surface area (TPSA) is 83.4 Å². The second kappa shape index (κ2) is 11.1. The molecule has 0 spiro atoms. The third kappa shape index (κ3) is 5.27. The molecule has 0 radical (unpaired) electrons. The summed E-state index contributed by atoms with van der Waals surface area (Å²) in [4.78, 5) is 43.1. The third-order valence-electron chi connectivity index (χ3n) is 6.81. The first-order valence-corrected chi connectivity index (χ1v) is 12.8. The number of piperazine rings is 1. The molecular formula is C29H28ClN4O4+. The van der Waals surface area contributed by atoms with Crippen LogP contribution in [0.5, 0.6) is 5.75 Å². The molecule has 0 aromatic heterocycles. The van der Waals surface area contributed by atoms with Crippen molar-refractivity contribution in [3.05, 3.63) is 101 Å². The molecule has 2 aliphatic rings. The fraction of sp³-hybridized carbons (Fsp3) is 0.207. The first-order chi connectivity index (χ1) is 18.4. The van der Waals surface area contributed by atoms with E-state index in [1.54, 1.807) is 48.5 Å². The van der Waals surface area contributed by atoms with Crippen LogP contribution in [0.15, 0.2) is 89.6 Å². The molecule has 9 heteroatoms. The Morgan fingerprint density at radius 2 is 1.58 bits per heavy atom. The van der Waals surface area contributed by atoms with Crippen molar-refractivity contribution >= 4 is 40.7 Å². The number of hydrogen-bond acceptors (Lipinski definition) is 5. The molecule has 0 atom stereocenters. The maximum Gasteiger partial charge on any atom is 0.283 e. The van der Waals surface area contributed by atoms with Gasteiger partial charge >= 0.3 is 0 Å². The van der Waals surface area contributed by atoms with E-state index in [0.29, 0.717) is 35.8 Å². The number of benzene rings is 3. The van der Waals surface area contributed by atoms with E-state index in [2.05, 4.69) is 29.6 Å². The lowest BCUT2D eigenvalue weighted by Crippen LogP contribution is -3.13. The highest BCUT2D eigenvalue weighted by Gasteiger charge is 2.39. The van der Waals surface area contributed by atoms with E-state index in [9.17, 15) is 14.4 Å². The van der Waals surface area contributed by atoms with Crippen LogP contribution in [-0.2, 0) is 16.1 Å². The smallest absolute Gasteiger partial charge is 0.283 e. The van der Waals surface area contributed by atoms with E-state index in [0.717, 1.165) is 24.5 Å². The zero-order chi connectivity index (χ0) is 26.6. The van der Waals surface area contributed by atoms with E-state index < -0.39 is 11.8 Å². The van der Waals surface area contributed by atoms with Gasteiger partial charge in [-0.1, -0.05) is 41.9 Å². The molecule has 2 heterocycles. The summed E-state index contributed by atoms with van der Waals surface area (Å²) in [6, 6.07) is 23.8. The Hall–Kier alpha value is -4.14. The molecule has 1 saturated heterocycles. The minimum atomic E-state index is -0.607. The molecule has 3 amide bonds. The minimum absolute atomic E-state index is 0.0101. The zero-order valence-corrected chi connectivity index (χ0v) is 21.7. The molecule has 2 aliphatic heterocycles. The average molecular weight is 532 g/mol. The first-order valence-electron chi connectivity index (χ1n) is 12.4. The standard InChI is InChI=1S/C29H27ClN4O4/c1-38-24-13-11-23(12-14-24)34-28(36)25(30)26(29(34)37)31-22-9-7-21(8-10-22)27(35)33-17-15-32(16-18-33)19-20-5-3-2-4-6-20/h2-14,31H,15-19H2,1H3/p+1. The van der Waals surface area contributed by atoms with Gasteiger partial charge in [0, 0.05) is 16.8 Å². The van der Waals surface area contributed by atoms with E-state index in [1.807, 2.05) is 11.0 Å². The van der Waals surface area contributed by atoms with Gasteiger partial charge in [-0.3, -0.25) is 14.4 Å². The monoisotopic (exact) mass is 531 g/mol. The quantitative estimate of drug-likeness (QED) is 0.458. The SMILES string of the molecule is COc1ccc(N2C(=O)C(Cl)=C(Nc3ccc(C(=O)N4CC[NH+](Cc5ccccc5)CC4)cc3)C2=O)cc1. The van der Waals surface area contributed by atoms with Gasteiger partial charge in [0.2, 0.25) is 0 Å². The maximum atomic E-state index is 13.1. The second-order valence-corrected chi connectivity index (χ2v) is 9.62. The highest BCUT2D eigenvalue weighted by atomic mass is 35.5. The number of amides is 3. The highest BCUT2D eigenvalue weighted by Crippen LogP contribution is 2.31. The van der Waals surface area contributed by atoms with Crippen molar-refractivity contribution in [2.45, 2.75) is 6.54 Å². The summed E-state index contributed by atoms with van der Waals surface area (Å²) in [6.07, 6.45) is 0. The maximum absolute atomic E-state index is 13.1. The Bertz CT molecular complexity index is 1370. The molecule has 3 aromatic rings. The molecular weight excluding hydrogens is 504 g/mol. The van der Waals surface area contributed by atoms with Gasteiger partial charge in [0.25, 0.3) is 17.7 Å². The van der Waals surface area contributed by atoms with Gasteiger partial charge in [-0.05, 0) is 48.5 Å². The summed E-state index contributed by atoms with van der Waals surface area (Å²) in [5, 5.41) is 2.76. The Morgan fingerprint density at radius 1 is 0.921 bits per heavy atom. The van der Waals surface area contributed by atoms with Crippen LogP contribution < -0.4 is 19.9 Å². The minimum Gasteiger partial charge on any atom is -0.497 e. The number of carbonyl (C=O) groups is 3. The third-order valence-corrected chi connectivity index (χ3v) is 7.16. The van der Waals surface area contributed by atoms with Crippen molar-refractivity contribution in [3.63, 3.8) is 0 Å². The molecule has 38 heavy (non-hydrogen) atoms. The summed E-state index contributed by atoms with van der Waals surface area (Å²) in [5.74, 6) is -0.577. The van der Waals surface area contributed by atoms with Gasteiger partial charge in [-0.2, -0.15) is 0 Å². The van der Waals surface area contributed by atoms with Crippen LogP contribution in [0.25, 0.3) is 0 Å². The van der Waals surface area contributed by atoms with Crippen LogP contribution in [0.3, 0.4) is 0 Å². The Morgan fingerprint density at radius 3 is 2.21 bits per heavy atom. The van der Waals surface area contributed by atoms with Gasteiger partial charge in [0.05, 0.1) is 39.0 Å². The van der Waals surface area contributed by atoms with Gasteiger partial charge in [-0.25, -0.2) is 4.90 Å². The van der Waals surface area contributed by atoms with Crippen molar-refractivity contribution in [2.24, 2.45) is 0 Å². The lowest BCUT2D eigenvalue weighted by atomic mass is 10.1. The predicted octanol–water partition coefficient (Wildman–Crippen LogP) is 2.67. The Labute approximate surface area is 226 Å². The van der Waals surface area contributed by atoms with Crippen LogP contribution in [0.1, 0.15) is 15.9 Å². The van der Waals surface area contributed by atoms with Crippen molar-refractivity contribution in [1.29, 1.82) is 0 Å². The molecule has 0 unspecified atom stereocenters. The summed E-state index contributed by atoms with van der Waals surface area (Å²) < 4.78 is 5.13. The number of rotatable bonds is 7. The van der Waals surface area contributed by atoms with Crippen LogP contribution in [-0.4, -0.2) is 55.9 Å². The van der Waals surface area contributed by atoms with Gasteiger partial charge < -0.3 is 19.9 Å². The molecule has 5 rings (SSSR count). The summed E-state index contributed by atoms with van der Waals surface area (Å²) in [7, 11) is 1.54. The van der Waals surface area contributed by atoms with Crippen molar-refractivity contribution in [2.75, 3.05) is 43.5 Å². The molecule has 0 aliphatic carbocycles. The van der Waals surface area contributed by atoms with Gasteiger partial charge in [-0.15, -0.1) is 0 Å². The lowest BCUT2D eigenvalue weighted by Gasteiger charge is -2.32. The van der Waals surface area contributed by atoms with Crippen molar-refractivity contribution < 1.29 is 24.0 Å². The van der Waals surface area contributed by atoms with E-state index >= 15 is 0 Å². The highest BCUT2D eigenvalue weighted by molar-refractivity contribution is 6.53. The molecule has 8 nitrogen and oxygen atoms in total. The average Bonchev–Trinajstić information content (AvgIpc) is 3.17. The fourth-order valence-corrected chi connectivity index (χ4v) is 4.90. The van der Waals surface area contributed by atoms with E-state index in [4.69, 9.17) is 16.3 Å². The number of nitrogens with zero attached hydrogens (tertiary/aromatic N) is 2. The van der Waals surface area contributed by atoms with E-state index in [-0.39, 0.29) is 16.6 Å². The fourth-order valence-electron chi connectivity index (χ4n) is 4.69.